The summed E-state index contributed by atoms with van der Waals surface area (Å²) in [6, 6.07) is 7.34. The quantitative estimate of drug-likeness (QED) is 0.710. The fraction of sp³-hybridized carbons (Fsp3) is 0. The van der Waals surface area contributed by atoms with Crippen LogP contribution in [0.15, 0.2) is 51.7 Å². The highest BCUT2D eigenvalue weighted by atomic mass is 32.2. The molecule has 0 saturated heterocycles. The van der Waals surface area contributed by atoms with Crippen LogP contribution in [0, 0.1) is 0 Å². The average Bonchev–Trinajstić information content (AvgIpc) is 2.88. The van der Waals surface area contributed by atoms with E-state index in [4.69, 9.17) is 5.14 Å². The van der Waals surface area contributed by atoms with E-state index in [1.807, 2.05) is 6.07 Å². The third kappa shape index (κ3) is 2.79. The summed E-state index contributed by atoms with van der Waals surface area (Å²) in [6.07, 6.45) is 1.63. The maximum absolute atomic E-state index is 11.3. The van der Waals surface area contributed by atoms with E-state index in [0.717, 1.165) is 23.0 Å². The second-order valence-corrected chi connectivity index (χ2v) is 6.54. The van der Waals surface area contributed by atoms with Gasteiger partial charge in [0.2, 0.25) is 10.0 Å². The molecule has 3 rings (SSSR count). The Kier molecular flexibility index (Phi) is 3.56. The number of phenolic OH excluding ortho intramolecular Hbond substituents is 1. The zero-order valence-corrected chi connectivity index (χ0v) is 12.5. The highest BCUT2D eigenvalue weighted by molar-refractivity contribution is 7.89. The second-order valence-electron chi connectivity index (χ2n) is 4.26. The van der Waals surface area contributed by atoms with Gasteiger partial charge in [-0.2, -0.15) is 4.37 Å². The number of azo groups is 1. The first-order chi connectivity index (χ1) is 10.4. The monoisotopic (exact) mass is 335 g/mol. The van der Waals surface area contributed by atoms with Gasteiger partial charge < -0.3 is 5.11 Å². The van der Waals surface area contributed by atoms with E-state index < -0.39 is 20.7 Å². The lowest BCUT2D eigenvalue weighted by Crippen LogP contribution is -2.12. The van der Waals surface area contributed by atoms with Crippen LogP contribution in [0.5, 0.6) is 5.75 Å². The first-order valence-corrected chi connectivity index (χ1v) is 8.25. The number of pyridine rings is 1. The largest absolute Gasteiger partial charge is 0.507 e. The topological polar surface area (TPSA) is 131 Å². The molecular weight excluding hydrogens is 326 g/mol. The highest BCUT2D eigenvalue weighted by Gasteiger charge is 2.14. The van der Waals surface area contributed by atoms with Crippen molar-refractivity contribution in [2.24, 2.45) is 15.4 Å². The van der Waals surface area contributed by atoms with Gasteiger partial charge in [-0.3, -0.25) is 0 Å². The van der Waals surface area contributed by atoms with Crippen LogP contribution in [0.4, 0.5) is 10.7 Å². The van der Waals surface area contributed by atoms with Crippen molar-refractivity contribution in [1.82, 2.24) is 9.36 Å². The molecule has 2 aromatic heterocycles. The zero-order valence-electron chi connectivity index (χ0n) is 10.9. The number of rotatable bonds is 3. The van der Waals surface area contributed by atoms with Crippen LogP contribution < -0.4 is 5.14 Å². The third-order valence-electron chi connectivity index (χ3n) is 2.74. The Morgan fingerprint density at radius 2 is 2.05 bits per heavy atom. The Morgan fingerprint density at radius 1 is 1.23 bits per heavy atom. The van der Waals surface area contributed by atoms with E-state index in [-0.39, 0.29) is 5.69 Å². The second kappa shape index (κ2) is 5.40. The SMILES string of the molecule is NS(=O)(=O)c1cc(N=Nc2snc3ncccc23)ccc1O. The lowest BCUT2D eigenvalue weighted by atomic mass is 10.3. The van der Waals surface area contributed by atoms with Gasteiger partial charge in [-0.1, -0.05) is 0 Å². The minimum atomic E-state index is -4.03. The molecular formula is C12H9N5O3S2. The van der Waals surface area contributed by atoms with Crippen LogP contribution >= 0.6 is 11.5 Å². The fourth-order valence-electron chi connectivity index (χ4n) is 1.74. The van der Waals surface area contributed by atoms with Gasteiger partial charge in [0.1, 0.15) is 10.6 Å². The van der Waals surface area contributed by atoms with Crippen molar-refractivity contribution in [2.45, 2.75) is 4.90 Å². The van der Waals surface area contributed by atoms with Crippen molar-refractivity contribution in [3.05, 3.63) is 36.5 Å². The molecule has 0 aliphatic heterocycles. The molecule has 0 amide bonds. The molecule has 2 heterocycles. The van der Waals surface area contributed by atoms with Crippen LogP contribution in [-0.2, 0) is 10.0 Å². The number of benzene rings is 1. The van der Waals surface area contributed by atoms with Gasteiger partial charge >= 0.3 is 0 Å². The van der Waals surface area contributed by atoms with Crippen LogP contribution in [0.3, 0.4) is 0 Å². The number of sulfonamides is 1. The van der Waals surface area contributed by atoms with Gasteiger partial charge in [0, 0.05) is 6.20 Å². The molecule has 0 saturated carbocycles. The number of nitrogens with zero attached hydrogens (tertiary/aromatic N) is 4. The summed E-state index contributed by atoms with van der Waals surface area (Å²) in [5, 5.41) is 23.8. The standard InChI is InChI=1S/C12H9N5O3S2/c13-22(19,20)10-6-7(3-4-9(10)18)15-16-12-8-2-1-5-14-11(8)17-21-12/h1-6,18H,(H2,13,19,20). The van der Waals surface area contributed by atoms with Crippen LogP contribution in [0.2, 0.25) is 0 Å². The van der Waals surface area contributed by atoms with E-state index in [9.17, 15) is 13.5 Å². The summed E-state index contributed by atoms with van der Waals surface area (Å²) >= 11 is 1.13. The minimum absolute atomic E-state index is 0.243. The molecule has 10 heteroatoms. The molecule has 0 aliphatic carbocycles. The van der Waals surface area contributed by atoms with E-state index in [0.29, 0.717) is 10.6 Å². The summed E-state index contributed by atoms with van der Waals surface area (Å²) < 4.78 is 26.8. The van der Waals surface area contributed by atoms with Crippen LogP contribution in [0.25, 0.3) is 11.0 Å². The normalized spacial score (nSPS) is 12.2. The van der Waals surface area contributed by atoms with Gasteiger partial charge in [0.25, 0.3) is 0 Å². The van der Waals surface area contributed by atoms with Crippen molar-refractivity contribution >= 4 is 43.3 Å². The number of primary sulfonamides is 1. The number of aromatic hydroxyl groups is 1. The van der Waals surface area contributed by atoms with Gasteiger partial charge in [-0.25, -0.2) is 18.5 Å². The third-order valence-corrected chi connectivity index (χ3v) is 4.42. The Balaban J connectivity index is 2.00. The first kappa shape index (κ1) is 14.5. The number of aromatic nitrogens is 2. The molecule has 0 atom stereocenters. The summed E-state index contributed by atoms with van der Waals surface area (Å²) in [6.45, 7) is 0. The molecule has 0 fully saturated rings. The van der Waals surface area contributed by atoms with Gasteiger partial charge in [0.15, 0.2) is 10.6 Å². The first-order valence-electron chi connectivity index (χ1n) is 5.93. The van der Waals surface area contributed by atoms with Crippen LogP contribution in [0.1, 0.15) is 0 Å². The Hall–Kier alpha value is -2.43. The minimum Gasteiger partial charge on any atom is -0.507 e. The van der Waals surface area contributed by atoms with E-state index in [2.05, 4.69) is 19.6 Å². The maximum Gasteiger partial charge on any atom is 0.241 e. The lowest BCUT2D eigenvalue weighted by Gasteiger charge is -2.02. The molecule has 22 heavy (non-hydrogen) atoms. The van der Waals surface area contributed by atoms with Crippen molar-refractivity contribution in [2.75, 3.05) is 0 Å². The van der Waals surface area contributed by atoms with Gasteiger partial charge in [-0.15, -0.1) is 10.2 Å². The van der Waals surface area contributed by atoms with Crippen molar-refractivity contribution in [3.63, 3.8) is 0 Å². The van der Waals surface area contributed by atoms with Crippen molar-refractivity contribution < 1.29 is 13.5 Å². The van der Waals surface area contributed by atoms with Crippen molar-refractivity contribution in [3.8, 4) is 5.75 Å². The highest BCUT2D eigenvalue weighted by Crippen LogP contribution is 2.32. The van der Waals surface area contributed by atoms with E-state index in [1.165, 1.54) is 12.1 Å². The van der Waals surface area contributed by atoms with E-state index >= 15 is 0 Å². The predicted molar refractivity (Wildman–Crippen MR) is 81.1 cm³/mol. The molecule has 112 valence electrons. The van der Waals surface area contributed by atoms with Crippen molar-refractivity contribution in [1.29, 1.82) is 0 Å². The molecule has 0 spiro atoms. The number of phenols is 1. The predicted octanol–water partition coefficient (Wildman–Crippen LogP) is 2.46. The average molecular weight is 335 g/mol. The number of hydrogen-bond acceptors (Lipinski definition) is 8. The van der Waals surface area contributed by atoms with Gasteiger partial charge in [0.05, 0.1) is 11.1 Å². The summed E-state index contributed by atoms with van der Waals surface area (Å²) in [4.78, 5) is 3.68. The lowest BCUT2D eigenvalue weighted by molar-refractivity contribution is 0.459. The summed E-state index contributed by atoms with van der Waals surface area (Å²) in [5.41, 5.74) is 0.810. The zero-order chi connectivity index (χ0) is 15.7. The Labute approximate surface area is 129 Å². The molecule has 3 N–H and O–H groups in total. The molecule has 0 radical (unpaired) electrons. The molecule has 8 nitrogen and oxygen atoms in total. The fourth-order valence-corrected chi connectivity index (χ4v) is 3.04. The van der Waals surface area contributed by atoms with E-state index in [1.54, 1.807) is 12.3 Å². The Morgan fingerprint density at radius 3 is 2.82 bits per heavy atom. The molecule has 0 aliphatic rings. The Bertz CT molecular complexity index is 981. The molecule has 0 bridgehead atoms. The molecule has 1 aromatic carbocycles. The van der Waals surface area contributed by atoms with Gasteiger partial charge in [-0.05, 0) is 41.9 Å². The smallest absolute Gasteiger partial charge is 0.241 e. The number of fused-ring (bicyclic) bond motifs is 1. The summed E-state index contributed by atoms with van der Waals surface area (Å²) in [7, 11) is -4.03. The maximum atomic E-state index is 11.3. The summed E-state index contributed by atoms with van der Waals surface area (Å²) in [5.74, 6) is -0.436. The molecule has 0 unspecified atom stereocenters. The van der Waals surface area contributed by atoms with Crippen LogP contribution in [-0.4, -0.2) is 22.9 Å². The molecule has 3 aromatic rings. The number of hydrogen-bond donors (Lipinski definition) is 2. The number of nitrogens with two attached hydrogens (primary N) is 1.